The van der Waals surface area contributed by atoms with E-state index >= 15 is 0 Å². The molecule has 0 atom stereocenters. The van der Waals surface area contributed by atoms with Gasteiger partial charge in [0, 0.05) is 23.3 Å². The molecule has 8 nitrogen and oxygen atoms in total. The van der Waals surface area contributed by atoms with Crippen molar-refractivity contribution in [1.82, 2.24) is 0 Å². The van der Waals surface area contributed by atoms with E-state index in [4.69, 9.17) is 9.47 Å². The van der Waals surface area contributed by atoms with Crippen LogP contribution in [-0.2, 0) is 9.53 Å². The number of cyclic esters (lactones) is 1. The fraction of sp³-hybridized carbons (Fsp3) is 0.0417. The van der Waals surface area contributed by atoms with Crippen LogP contribution in [0.15, 0.2) is 89.6 Å². The Kier molecular flexibility index (Phi) is 5.85. The molecule has 0 aromatic heterocycles. The number of hydrogen-bond acceptors (Lipinski definition) is 7. The third kappa shape index (κ3) is 4.76. The Morgan fingerprint density at radius 2 is 1.69 bits per heavy atom. The Hall–Kier alpha value is -4.59. The van der Waals surface area contributed by atoms with Gasteiger partial charge >= 0.3 is 5.97 Å². The third-order valence-electron chi connectivity index (χ3n) is 4.59. The summed E-state index contributed by atoms with van der Waals surface area (Å²) in [5.41, 5.74) is 1.76. The first-order chi connectivity index (χ1) is 15.5. The fourth-order valence-electron chi connectivity index (χ4n) is 2.93. The molecule has 0 fully saturated rings. The Balaban J connectivity index is 1.42. The highest BCUT2D eigenvalue weighted by atomic mass is 16.6. The number of benzene rings is 3. The van der Waals surface area contributed by atoms with Crippen molar-refractivity contribution in [3.05, 3.63) is 111 Å². The van der Waals surface area contributed by atoms with Crippen LogP contribution < -0.4 is 4.74 Å². The molecule has 1 heterocycles. The van der Waals surface area contributed by atoms with Crippen molar-refractivity contribution < 1.29 is 24.0 Å². The van der Waals surface area contributed by atoms with Gasteiger partial charge in [0.25, 0.3) is 5.69 Å². The zero-order valence-corrected chi connectivity index (χ0v) is 16.6. The second kappa shape index (κ2) is 9.05. The van der Waals surface area contributed by atoms with Crippen LogP contribution >= 0.6 is 0 Å². The van der Waals surface area contributed by atoms with Gasteiger partial charge in [-0.1, -0.05) is 42.5 Å². The van der Waals surface area contributed by atoms with E-state index in [0.717, 1.165) is 0 Å². The summed E-state index contributed by atoms with van der Waals surface area (Å²) in [7, 11) is 0. The molecule has 0 bridgehead atoms. The molecule has 0 saturated heterocycles. The minimum atomic E-state index is -0.618. The van der Waals surface area contributed by atoms with Gasteiger partial charge in [0.05, 0.1) is 4.92 Å². The third-order valence-corrected chi connectivity index (χ3v) is 4.59. The van der Waals surface area contributed by atoms with E-state index < -0.39 is 10.9 Å². The van der Waals surface area contributed by atoms with Crippen LogP contribution in [0.1, 0.15) is 21.5 Å². The number of nitro groups is 1. The molecule has 0 aliphatic carbocycles. The lowest BCUT2D eigenvalue weighted by Crippen LogP contribution is -2.11. The SMILES string of the molecule is O=C1OC(c2ccc([N+](=O)[O-])cc2)=N/C1=C\c1ccc(OCC(=O)c2ccccc2)cc1. The molecule has 8 heteroatoms. The zero-order chi connectivity index (χ0) is 22.5. The van der Waals surface area contributed by atoms with Crippen LogP contribution in [0.2, 0.25) is 0 Å². The molecule has 1 aliphatic rings. The lowest BCUT2D eigenvalue weighted by Gasteiger charge is -2.06. The minimum Gasteiger partial charge on any atom is -0.485 e. The van der Waals surface area contributed by atoms with Gasteiger partial charge in [-0.15, -0.1) is 0 Å². The number of rotatable bonds is 7. The van der Waals surface area contributed by atoms with Crippen molar-refractivity contribution in [2.45, 2.75) is 0 Å². The molecule has 0 radical (unpaired) electrons. The number of carbonyl (C=O) groups excluding carboxylic acids is 2. The first-order valence-corrected chi connectivity index (χ1v) is 9.58. The van der Waals surface area contributed by atoms with Crippen molar-refractivity contribution in [2.75, 3.05) is 6.61 Å². The van der Waals surface area contributed by atoms with Crippen LogP contribution in [0.25, 0.3) is 6.08 Å². The summed E-state index contributed by atoms with van der Waals surface area (Å²) in [5, 5.41) is 10.8. The monoisotopic (exact) mass is 428 g/mol. The van der Waals surface area contributed by atoms with Crippen LogP contribution in [0.5, 0.6) is 5.75 Å². The first-order valence-electron chi connectivity index (χ1n) is 9.58. The number of nitrogens with zero attached hydrogens (tertiary/aromatic N) is 2. The molecular formula is C24H16N2O6. The Bertz CT molecular complexity index is 1230. The number of ketones is 1. The van der Waals surface area contributed by atoms with E-state index in [1.165, 1.54) is 24.3 Å². The highest BCUT2D eigenvalue weighted by molar-refractivity contribution is 6.12. The van der Waals surface area contributed by atoms with Gasteiger partial charge in [-0.05, 0) is 35.9 Å². The van der Waals surface area contributed by atoms with Crippen LogP contribution in [0, 0.1) is 10.1 Å². The first kappa shape index (κ1) is 20.7. The molecule has 32 heavy (non-hydrogen) atoms. The molecule has 0 unspecified atom stereocenters. The molecule has 3 aromatic carbocycles. The van der Waals surface area contributed by atoms with Crippen molar-refractivity contribution in [3.8, 4) is 5.75 Å². The van der Waals surface area contributed by atoms with Gasteiger partial charge in [0.2, 0.25) is 5.90 Å². The summed E-state index contributed by atoms with van der Waals surface area (Å²) in [6, 6.07) is 21.3. The summed E-state index contributed by atoms with van der Waals surface area (Å²) in [4.78, 5) is 38.7. The molecule has 0 N–H and O–H groups in total. The van der Waals surface area contributed by atoms with Gasteiger partial charge < -0.3 is 9.47 Å². The Labute approximate surface area is 182 Å². The number of esters is 1. The number of hydrogen-bond donors (Lipinski definition) is 0. The molecule has 158 valence electrons. The van der Waals surface area contributed by atoms with E-state index in [0.29, 0.717) is 22.4 Å². The number of ether oxygens (including phenoxy) is 2. The number of aliphatic imine (C=N–C) groups is 1. The Morgan fingerprint density at radius 1 is 1.00 bits per heavy atom. The van der Waals surface area contributed by atoms with E-state index in [1.807, 2.05) is 6.07 Å². The molecular weight excluding hydrogens is 412 g/mol. The average Bonchev–Trinajstić information content (AvgIpc) is 3.19. The Morgan fingerprint density at radius 3 is 2.34 bits per heavy atom. The predicted molar refractivity (Wildman–Crippen MR) is 116 cm³/mol. The van der Waals surface area contributed by atoms with Crippen molar-refractivity contribution >= 4 is 29.4 Å². The molecule has 0 saturated carbocycles. The summed E-state index contributed by atoms with van der Waals surface area (Å²) in [5.74, 6) is -0.151. The highest BCUT2D eigenvalue weighted by Gasteiger charge is 2.24. The molecule has 0 spiro atoms. The van der Waals surface area contributed by atoms with Gasteiger partial charge in [0.15, 0.2) is 18.1 Å². The van der Waals surface area contributed by atoms with Crippen LogP contribution in [0.4, 0.5) is 5.69 Å². The summed E-state index contributed by atoms with van der Waals surface area (Å²) < 4.78 is 10.7. The topological polar surface area (TPSA) is 108 Å². The number of nitro benzene ring substituents is 1. The van der Waals surface area contributed by atoms with E-state index in [2.05, 4.69) is 4.99 Å². The molecule has 4 rings (SSSR count). The van der Waals surface area contributed by atoms with Gasteiger partial charge in [-0.25, -0.2) is 9.79 Å². The summed E-state index contributed by atoms with van der Waals surface area (Å²) >= 11 is 0. The highest BCUT2D eigenvalue weighted by Crippen LogP contribution is 2.22. The quantitative estimate of drug-likeness (QED) is 0.183. The molecule has 1 aliphatic heterocycles. The summed E-state index contributed by atoms with van der Waals surface area (Å²) in [6.07, 6.45) is 1.56. The van der Waals surface area contributed by atoms with Gasteiger partial charge in [-0.3, -0.25) is 14.9 Å². The second-order valence-electron chi connectivity index (χ2n) is 6.79. The van der Waals surface area contributed by atoms with Gasteiger partial charge in [0.1, 0.15) is 5.75 Å². The van der Waals surface area contributed by atoms with E-state index in [-0.39, 0.29) is 29.7 Å². The smallest absolute Gasteiger partial charge is 0.363 e. The molecule has 3 aromatic rings. The normalized spacial score (nSPS) is 14.1. The average molecular weight is 428 g/mol. The molecule has 0 amide bonds. The van der Waals surface area contributed by atoms with Gasteiger partial charge in [-0.2, -0.15) is 0 Å². The maximum Gasteiger partial charge on any atom is 0.363 e. The number of carbonyl (C=O) groups is 2. The fourth-order valence-corrected chi connectivity index (χ4v) is 2.93. The zero-order valence-electron chi connectivity index (χ0n) is 16.6. The van der Waals surface area contributed by atoms with Crippen molar-refractivity contribution in [3.63, 3.8) is 0 Å². The second-order valence-corrected chi connectivity index (χ2v) is 6.79. The lowest BCUT2D eigenvalue weighted by atomic mass is 10.1. The predicted octanol–water partition coefficient (Wildman–Crippen LogP) is 4.20. The largest absolute Gasteiger partial charge is 0.485 e. The minimum absolute atomic E-state index is 0.0674. The lowest BCUT2D eigenvalue weighted by molar-refractivity contribution is -0.384. The number of non-ortho nitro benzene ring substituents is 1. The van der Waals surface area contributed by atoms with E-state index in [1.54, 1.807) is 54.6 Å². The maximum atomic E-state index is 12.1. The maximum absolute atomic E-state index is 12.1. The van der Waals surface area contributed by atoms with Crippen LogP contribution in [0.3, 0.4) is 0 Å². The van der Waals surface area contributed by atoms with Crippen molar-refractivity contribution in [2.24, 2.45) is 4.99 Å². The number of Topliss-reactive ketones (excluding diaryl/α,β-unsaturated/α-hetero) is 1. The standard InChI is InChI=1S/C24H16N2O6/c27-22(17-4-2-1-3-5-17)15-31-20-12-6-16(7-13-20)14-21-24(28)32-23(25-21)18-8-10-19(11-9-18)26(29)30/h1-14H,15H2/b21-14-. The van der Waals surface area contributed by atoms with Crippen molar-refractivity contribution in [1.29, 1.82) is 0 Å². The van der Waals surface area contributed by atoms with Crippen LogP contribution in [-0.4, -0.2) is 29.2 Å². The summed E-state index contributed by atoms with van der Waals surface area (Å²) in [6.45, 7) is -0.0837. The van der Waals surface area contributed by atoms with E-state index in [9.17, 15) is 19.7 Å².